The highest BCUT2D eigenvalue weighted by Gasteiger charge is 2.34. The number of para-hydroxylation sites is 1. The fourth-order valence-electron chi connectivity index (χ4n) is 1.85. The lowest BCUT2D eigenvalue weighted by molar-refractivity contribution is -0.0676. The zero-order valence-corrected chi connectivity index (χ0v) is 11.1. The van der Waals surface area contributed by atoms with E-state index in [9.17, 15) is 4.79 Å². The predicted octanol–water partition coefficient (Wildman–Crippen LogP) is 2.97. The van der Waals surface area contributed by atoms with Gasteiger partial charge >= 0.3 is 6.16 Å². The summed E-state index contributed by atoms with van der Waals surface area (Å²) in [5.41, 5.74) is 0.782. The molecule has 19 heavy (non-hydrogen) atoms. The Morgan fingerprint density at radius 1 is 1.37 bits per heavy atom. The first-order valence-electron chi connectivity index (χ1n) is 6.24. The molecule has 0 aliphatic carbocycles. The fourth-order valence-corrected chi connectivity index (χ4v) is 1.85. The molecule has 0 N–H and O–H groups in total. The van der Waals surface area contributed by atoms with Crippen molar-refractivity contribution in [3.63, 3.8) is 0 Å². The molecule has 1 heterocycles. The van der Waals surface area contributed by atoms with E-state index in [1.807, 2.05) is 37.3 Å². The molecule has 1 aliphatic rings. The topological polar surface area (TPSA) is 44.8 Å². The summed E-state index contributed by atoms with van der Waals surface area (Å²) in [7, 11) is 0. The van der Waals surface area contributed by atoms with Crippen LogP contribution in [0.1, 0.15) is 12.5 Å². The normalized spacial score (nSPS) is 17.2. The van der Waals surface area contributed by atoms with Crippen molar-refractivity contribution >= 4 is 6.16 Å². The number of benzene rings is 1. The summed E-state index contributed by atoms with van der Waals surface area (Å²) < 4.78 is 15.7. The molecule has 1 aliphatic heterocycles. The van der Waals surface area contributed by atoms with Crippen LogP contribution in [0.4, 0.5) is 4.79 Å². The van der Waals surface area contributed by atoms with Crippen molar-refractivity contribution in [1.29, 1.82) is 0 Å². The summed E-state index contributed by atoms with van der Waals surface area (Å²) in [6.45, 7) is 6.77. The van der Waals surface area contributed by atoms with Crippen LogP contribution in [-0.4, -0.2) is 26.0 Å². The number of carbonyl (C=O) groups is 1. The van der Waals surface area contributed by atoms with Crippen LogP contribution < -0.4 is 4.74 Å². The summed E-state index contributed by atoms with van der Waals surface area (Å²) in [5.74, 6) is 0.834. The van der Waals surface area contributed by atoms with Gasteiger partial charge in [-0.3, -0.25) is 0 Å². The van der Waals surface area contributed by atoms with Gasteiger partial charge in [-0.25, -0.2) is 4.79 Å². The molecule has 4 nitrogen and oxygen atoms in total. The molecule has 0 radical (unpaired) electrons. The molecule has 0 amide bonds. The van der Waals surface area contributed by atoms with Gasteiger partial charge in [-0.05, 0) is 25.0 Å². The van der Waals surface area contributed by atoms with Crippen molar-refractivity contribution in [3.05, 3.63) is 42.5 Å². The second-order valence-electron chi connectivity index (χ2n) is 5.03. The number of cyclic esters (lactones) is 2. The molecule has 4 heteroatoms. The summed E-state index contributed by atoms with van der Waals surface area (Å²) in [6.07, 6.45) is 2.00. The summed E-state index contributed by atoms with van der Waals surface area (Å²) in [5, 5.41) is 0. The number of hydrogen-bond acceptors (Lipinski definition) is 4. The molecule has 0 aromatic heterocycles. The van der Waals surface area contributed by atoms with Crippen molar-refractivity contribution in [2.75, 3.05) is 19.8 Å². The summed E-state index contributed by atoms with van der Waals surface area (Å²) in [6, 6.07) is 7.84. The molecular formula is C15H18O4. The van der Waals surface area contributed by atoms with Gasteiger partial charge in [-0.1, -0.05) is 24.3 Å². The first-order valence-corrected chi connectivity index (χ1v) is 6.24. The molecule has 0 unspecified atom stereocenters. The summed E-state index contributed by atoms with van der Waals surface area (Å²) >= 11 is 0. The van der Waals surface area contributed by atoms with E-state index in [4.69, 9.17) is 14.2 Å². The van der Waals surface area contributed by atoms with Crippen molar-refractivity contribution < 1.29 is 19.0 Å². The Labute approximate surface area is 113 Å². The predicted molar refractivity (Wildman–Crippen MR) is 71.2 cm³/mol. The average Bonchev–Trinajstić information content (AvgIpc) is 2.42. The van der Waals surface area contributed by atoms with Crippen LogP contribution in [0.25, 0.3) is 0 Å². The second kappa shape index (κ2) is 5.78. The number of allylic oxidation sites excluding steroid dienone is 1. The maximum atomic E-state index is 10.9. The van der Waals surface area contributed by atoms with Gasteiger partial charge < -0.3 is 14.2 Å². The monoisotopic (exact) mass is 262 g/mol. The summed E-state index contributed by atoms with van der Waals surface area (Å²) in [4.78, 5) is 10.9. The van der Waals surface area contributed by atoms with Crippen LogP contribution in [0.3, 0.4) is 0 Å². The van der Waals surface area contributed by atoms with Crippen molar-refractivity contribution in [2.24, 2.45) is 5.41 Å². The van der Waals surface area contributed by atoms with E-state index in [2.05, 4.69) is 6.58 Å². The van der Waals surface area contributed by atoms with Crippen molar-refractivity contribution in [2.45, 2.75) is 13.3 Å². The number of rotatable bonds is 5. The Bertz CT molecular complexity index is 457. The molecule has 1 fully saturated rings. The van der Waals surface area contributed by atoms with Crippen molar-refractivity contribution in [3.8, 4) is 5.75 Å². The minimum Gasteiger partial charge on any atom is -0.492 e. The molecule has 1 aromatic rings. The Hall–Kier alpha value is -1.97. The third-order valence-electron chi connectivity index (χ3n) is 2.99. The highest BCUT2D eigenvalue weighted by atomic mass is 16.7. The van der Waals surface area contributed by atoms with E-state index in [0.29, 0.717) is 19.8 Å². The van der Waals surface area contributed by atoms with Crippen LogP contribution in [0.15, 0.2) is 36.9 Å². The zero-order chi connectivity index (χ0) is 13.7. The lowest BCUT2D eigenvalue weighted by Gasteiger charge is -2.32. The Morgan fingerprint density at radius 2 is 2.05 bits per heavy atom. The largest absolute Gasteiger partial charge is 0.508 e. The van der Waals surface area contributed by atoms with Crippen molar-refractivity contribution in [1.82, 2.24) is 0 Å². The van der Waals surface area contributed by atoms with Gasteiger partial charge in [-0.2, -0.15) is 0 Å². The maximum Gasteiger partial charge on any atom is 0.508 e. The fraction of sp³-hybridized carbons (Fsp3) is 0.400. The maximum absolute atomic E-state index is 10.9. The third-order valence-corrected chi connectivity index (χ3v) is 2.99. The quantitative estimate of drug-likeness (QED) is 0.604. The van der Waals surface area contributed by atoms with Gasteiger partial charge in [0.25, 0.3) is 0 Å². The Morgan fingerprint density at radius 3 is 2.74 bits per heavy atom. The van der Waals surface area contributed by atoms with Gasteiger partial charge in [0.05, 0.1) is 5.41 Å². The third kappa shape index (κ3) is 3.50. The molecule has 1 aromatic carbocycles. The lowest BCUT2D eigenvalue weighted by atomic mass is 9.94. The van der Waals surface area contributed by atoms with E-state index in [1.165, 1.54) is 0 Å². The minimum atomic E-state index is -0.607. The highest BCUT2D eigenvalue weighted by molar-refractivity contribution is 5.60. The first-order chi connectivity index (χ1) is 9.13. The smallest absolute Gasteiger partial charge is 0.492 e. The van der Waals surface area contributed by atoms with Crippen LogP contribution in [-0.2, 0) is 15.9 Å². The molecule has 0 saturated carbocycles. The van der Waals surface area contributed by atoms with E-state index in [1.54, 1.807) is 0 Å². The van der Waals surface area contributed by atoms with Gasteiger partial charge in [0, 0.05) is 0 Å². The van der Waals surface area contributed by atoms with Gasteiger partial charge in [0.2, 0.25) is 0 Å². The average molecular weight is 262 g/mol. The van der Waals surface area contributed by atoms with Gasteiger partial charge in [0.1, 0.15) is 25.6 Å². The second-order valence-corrected chi connectivity index (χ2v) is 5.03. The molecule has 2 rings (SSSR count). The molecule has 1 saturated heterocycles. The minimum absolute atomic E-state index is 0.310. The van der Waals surface area contributed by atoms with Crippen LogP contribution in [0.2, 0.25) is 0 Å². The zero-order valence-electron chi connectivity index (χ0n) is 11.1. The standard InChI is InChI=1S/C15H18O4/c1-3-6-12-7-4-5-8-13(12)17-9-15(2)10-18-14(16)19-11-15/h3-5,7-8H,1,6,9-11H2,2H3. The highest BCUT2D eigenvalue weighted by Crippen LogP contribution is 2.26. The van der Waals surface area contributed by atoms with Crippen LogP contribution in [0.5, 0.6) is 5.75 Å². The first kappa shape index (κ1) is 13.5. The van der Waals surface area contributed by atoms with Crippen LogP contribution in [0, 0.1) is 5.41 Å². The number of carbonyl (C=O) groups excluding carboxylic acids is 1. The van der Waals surface area contributed by atoms with Crippen LogP contribution >= 0.6 is 0 Å². The number of ether oxygens (including phenoxy) is 3. The molecular weight excluding hydrogens is 244 g/mol. The molecule has 0 atom stereocenters. The van der Waals surface area contributed by atoms with E-state index in [0.717, 1.165) is 17.7 Å². The lowest BCUT2D eigenvalue weighted by Crippen LogP contribution is -2.41. The van der Waals surface area contributed by atoms with E-state index < -0.39 is 6.16 Å². The van der Waals surface area contributed by atoms with Gasteiger partial charge in [-0.15, -0.1) is 6.58 Å². The molecule has 0 bridgehead atoms. The Kier molecular flexibility index (Phi) is 4.10. The molecule has 102 valence electrons. The van der Waals surface area contributed by atoms with E-state index in [-0.39, 0.29) is 5.41 Å². The SMILES string of the molecule is C=CCc1ccccc1OCC1(C)COC(=O)OC1. The molecule has 0 spiro atoms. The Balaban J connectivity index is 1.98. The number of hydrogen-bond donors (Lipinski definition) is 0. The van der Waals surface area contributed by atoms with E-state index >= 15 is 0 Å². The van der Waals surface area contributed by atoms with Gasteiger partial charge in [0.15, 0.2) is 0 Å².